The quantitative estimate of drug-likeness (QED) is 0.384. The molecule has 1 aliphatic rings. The van der Waals surface area contributed by atoms with E-state index < -0.39 is 20.5 Å². The van der Waals surface area contributed by atoms with Crippen LogP contribution < -0.4 is 10.2 Å². The first-order chi connectivity index (χ1) is 15.3. The molecule has 0 saturated carbocycles. The summed E-state index contributed by atoms with van der Waals surface area (Å²) in [4.78, 5) is 14.9. The van der Waals surface area contributed by atoms with E-state index in [1.807, 2.05) is 0 Å². The smallest absolute Gasteiger partial charge is 0.265 e. The van der Waals surface area contributed by atoms with Gasteiger partial charge in [-0.3, -0.25) is 14.9 Å². The molecule has 32 heavy (non-hydrogen) atoms. The first kappa shape index (κ1) is 24.7. The van der Waals surface area contributed by atoms with Crippen LogP contribution in [0.2, 0.25) is 0 Å². The van der Waals surface area contributed by atoms with Gasteiger partial charge in [-0.25, -0.2) is 13.9 Å². The van der Waals surface area contributed by atoms with Gasteiger partial charge >= 0.3 is 0 Å². The number of carbonyl (C=O) groups is 1. The lowest BCUT2D eigenvalue weighted by molar-refractivity contribution is -0.131. The molecule has 0 spiro atoms. The fourth-order valence-electron chi connectivity index (χ4n) is 3.86. The van der Waals surface area contributed by atoms with Gasteiger partial charge in [0, 0.05) is 17.4 Å². The second kappa shape index (κ2) is 10.8. The molecule has 174 valence electrons. The molecular formula is C23H29BrN2O5S. The molecule has 3 rings (SSSR count). The average Bonchev–Trinajstić information content (AvgIpc) is 2.80. The summed E-state index contributed by atoms with van der Waals surface area (Å²) < 4.78 is 31.3. The summed E-state index contributed by atoms with van der Waals surface area (Å²) in [6, 6.07) is 13.1. The van der Waals surface area contributed by atoms with E-state index in [9.17, 15) is 18.4 Å². The summed E-state index contributed by atoms with van der Waals surface area (Å²) in [5.41, 5.74) is 2.17. The fraction of sp³-hybridized carbons (Fsp3) is 0.435. The maximum Gasteiger partial charge on any atom is 0.265 e. The number of benzene rings is 2. The summed E-state index contributed by atoms with van der Waals surface area (Å²) in [5, 5.41) is 9.26. The summed E-state index contributed by atoms with van der Waals surface area (Å²) >= 11 is 3.28. The number of hydrogen-bond acceptors (Lipinski definition) is 6. The average molecular weight is 525 g/mol. The number of rotatable bonds is 9. The number of hydroxylamine groups is 1. The fourth-order valence-corrected chi connectivity index (χ4v) is 5.78. The van der Waals surface area contributed by atoms with Crippen molar-refractivity contribution < 1.29 is 23.2 Å². The molecule has 1 unspecified atom stereocenters. The van der Waals surface area contributed by atoms with Crippen LogP contribution in [0.4, 0.5) is 0 Å². The molecule has 9 heteroatoms. The van der Waals surface area contributed by atoms with E-state index in [0.29, 0.717) is 17.9 Å². The molecule has 1 aliphatic heterocycles. The number of hydrogen-bond donors (Lipinski definition) is 2. The van der Waals surface area contributed by atoms with Crippen LogP contribution in [0.1, 0.15) is 31.7 Å². The Balaban J connectivity index is 1.71. The molecule has 2 N–H and O–H groups in total. The Morgan fingerprint density at radius 1 is 1.09 bits per heavy atom. The molecule has 0 radical (unpaired) electrons. The molecule has 2 aromatic rings. The zero-order chi connectivity index (χ0) is 23.2. The minimum atomic E-state index is -4.09. The van der Waals surface area contributed by atoms with Crippen molar-refractivity contribution in [1.82, 2.24) is 10.4 Å². The van der Waals surface area contributed by atoms with E-state index in [-0.39, 0.29) is 11.3 Å². The molecule has 7 nitrogen and oxygen atoms in total. The molecule has 1 saturated heterocycles. The van der Waals surface area contributed by atoms with Crippen LogP contribution in [0.15, 0.2) is 57.9 Å². The Labute approximate surface area is 197 Å². The lowest BCUT2D eigenvalue weighted by Crippen LogP contribution is -2.51. The van der Waals surface area contributed by atoms with Crippen molar-refractivity contribution >= 4 is 31.7 Å². The van der Waals surface area contributed by atoms with E-state index in [2.05, 4.69) is 20.8 Å². The van der Waals surface area contributed by atoms with E-state index in [0.717, 1.165) is 24.1 Å². The maximum atomic E-state index is 13.3. The predicted molar refractivity (Wildman–Crippen MR) is 126 cm³/mol. The van der Waals surface area contributed by atoms with Crippen LogP contribution in [-0.2, 0) is 21.1 Å². The van der Waals surface area contributed by atoms with Gasteiger partial charge in [0.1, 0.15) is 12.4 Å². The summed E-state index contributed by atoms with van der Waals surface area (Å²) in [5.74, 6) is -0.294. The highest BCUT2D eigenvalue weighted by atomic mass is 79.9. The molecule has 1 amide bonds. The minimum absolute atomic E-state index is 0.00414. The van der Waals surface area contributed by atoms with Crippen LogP contribution in [0.25, 0.3) is 0 Å². The van der Waals surface area contributed by atoms with Gasteiger partial charge in [-0.1, -0.05) is 34.5 Å². The number of likely N-dealkylation sites (tertiary alicyclic amines) is 1. The van der Waals surface area contributed by atoms with E-state index in [1.54, 1.807) is 36.4 Å². The zero-order valence-electron chi connectivity index (χ0n) is 18.1. The van der Waals surface area contributed by atoms with Crippen molar-refractivity contribution in [3.63, 3.8) is 0 Å². The molecule has 0 aliphatic carbocycles. The maximum absolute atomic E-state index is 13.3. The van der Waals surface area contributed by atoms with Crippen molar-refractivity contribution in [3.05, 3.63) is 58.6 Å². The number of carbonyl (C=O) groups excluding carboxylic acids is 1. The monoisotopic (exact) mass is 524 g/mol. The van der Waals surface area contributed by atoms with Crippen molar-refractivity contribution in [2.45, 2.75) is 42.2 Å². The Bertz CT molecular complexity index is 1010. The molecule has 1 atom stereocenters. The molecule has 0 aromatic heterocycles. The van der Waals surface area contributed by atoms with Gasteiger partial charge in [0.2, 0.25) is 0 Å². The number of ether oxygens (including phenoxy) is 1. The predicted octanol–water partition coefficient (Wildman–Crippen LogP) is 3.59. The van der Waals surface area contributed by atoms with Gasteiger partial charge in [0.15, 0.2) is 14.6 Å². The van der Waals surface area contributed by atoms with Crippen LogP contribution in [-0.4, -0.2) is 55.4 Å². The first-order valence-corrected chi connectivity index (χ1v) is 12.9. The van der Waals surface area contributed by atoms with Gasteiger partial charge in [0.25, 0.3) is 5.91 Å². The summed E-state index contributed by atoms with van der Waals surface area (Å²) in [6.07, 6.45) is 3.66. The topological polar surface area (TPSA) is 95.9 Å². The van der Waals surface area contributed by atoms with Crippen molar-refractivity contribution in [1.29, 1.82) is 0 Å². The minimum Gasteiger partial charge on any atom is -0.492 e. The Morgan fingerprint density at radius 2 is 1.72 bits per heavy atom. The lowest BCUT2D eigenvalue weighted by Gasteiger charge is -2.27. The number of amides is 1. The normalized spacial score (nSPS) is 16.8. The number of halogens is 1. The molecule has 0 bridgehead atoms. The van der Waals surface area contributed by atoms with Gasteiger partial charge in [-0.15, -0.1) is 0 Å². The van der Waals surface area contributed by atoms with E-state index >= 15 is 0 Å². The lowest BCUT2D eigenvalue weighted by atomic mass is 9.99. The van der Waals surface area contributed by atoms with Crippen LogP contribution in [0.3, 0.4) is 0 Å². The third-order valence-corrected chi connectivity index (χ3v) is 8.83. The standard InChI is InChI=1S/C23H29BrN2O5S/c1-23(22(27)25-28,32(29,30)21-11-7-19(24)8-12-21)17-18-5-9-20(10-6-18)31-16-15-26-13-3-2-4-14-26/h5-12,28H,2-4,13-17H2,1H3,(H,25,27). The second-order valence-electron chi connectivity index (χ2n) is 8.20. The Kier molecular flexibility index (Phi) is 8.32. The molecule has 1 fully saturated rings. The largest absolute Gasteiger partial charge is 0.492 e. The molecular weight excluding hydrogens is 496 g/mol. The zero-order valence-corrected chi connectivity index (χ0v) is 20.5. The Hall–Kier alpha value is -1.94. The van der Waals surface area contributed by atoms with E-state index in [1.165, 1.54) is 43.8 Å². The third-order valence-electron chi connectivity index (χ3n) is 5.89. The first-order valence-electron chi connectivity index (χ1n) is 10.6. The van der Waals surface area contributed by atoms with E-state index in [4.69, 9.17) is 4.74 Å². The number of nitrogens with one attached hydrogen (secondary N) is 1. The number of nitrogens with zero attached hydrogens (tertiary/aromatic N) is 1. The highest BCUT2D eigenvalue weighted by Gasteiger charge is 2.47. The van der Waals surface area contributed by atoms with Gasteiger partial charge < -0.3 is 4.74 Å². The third kappa shape index (κ3) is 5.70. The highest BCUT2D eigenvalue weighted by molar-refractivity contribution is 9.10. The number of sulfone groups is 1. The molecule has 2 aromatic carbocycles. The van der Waals surface area contributed by atoms with Crippen LogP contribution >= 0.6 is 15.9 Å². The van der Waals surface area contributed by atoms with Crippen LogP contribution in [0.5, 0.6) is 5.75 Å². The highest BCUT2D eigenvalue weighted by Crippen LogP contribution is 2.31. The van der Waals surface area contributed by atoms with Crippen molar-refractivity contribution in [2.75, 3.05) is 26.2 Å². The van der Waals surface area contributed by atoms with Crippen molar-refractivity contribution in [2.24, 2.45) is 0 Å². The van der Waals surface area contributed by atoms with Gasteiger partial charge in [-0.05, 0) is 74.8 Å². The summed E-state index contributed by atoms with van der Waals surface area (Å²) in [7, 11) is -4.09. The molecule has 1 heterocycles. The van der Waals surface area contributed by atoms with Gasteiger partial charge in [-0.2, -0.15) is 0 Å². The van der Waals surface area contributed by atoms with Crippen molar-refractivity contribution in [3.8, 4) is 5.75 Å². The Morgan fingerprint density at radius 3 is 2.31 bits per heavy atom. The summed E-state index contributed by atoms with van der Waals surface area (Å²) in [6.45, 7) is 5.00. The van der Waals surface area contributed by atoms with Gasteiger partial charge in [0.05, 0.1) is 4.90 Å². The second-order valence-corrected chi connectivity index (χ2v) is 11.5. The SMILES string of the molecule is CC(Cc1ccc(OCCN2CCCCC2)cc1)(C(=O)NO)S(=O)(=O)c1ccc(Br)cc1. The number of piperidine rings is 1. The van der Waals surface area contributed by atoms with Crippen LogP contribution in [0, 0.1) is 0 Å².